The van der Waals surface area contributed by atoms with Crippen LogP contribution in [-0.4, -0.2) is 11.9 Å². The Morgan fingerprint density at radius 2 is 1.83 bits per heavy atom. The van der Waals surface area contributed by atoms with Gasteiger partial charge in [0.25, 0.3) is 5.91 Å². The molecule has 0 fully saturated rings. The molecule has 0 aromatic heterocycles. The van der Waals surface area contributed by atoms with E-state index in [0.717, 1.165) is 5.56 Å². The van der Waals surface area contributed by atoms with Crippen LogP contribution in [-0.2, 0) is 6.61 Å². The zero-order chi connectivity index (χ0) is 17.7. The largest absolute Gasteiger partial charge is 0.489 e. The molecule has 128 valence electrons. The zero-order valence-corrected chi connectivity index (χ0v) is 14.6. The van der Waals surface area contributed by atoms with Crippen LogP contribution in [0.4, 0.5) is 4.39 Å². The molecule has 2 rings (SSSR count). The van der Waals surface area contributed by atoms with Crippen molar-refractivity contribution in [2.75, 3.05) is 0 Å². The van der Waals surface area contributed by atoms with Gasteiger partial charge in [-0.3, -0.25) is 4.79 Å². The second kappa shape index (κ2) is 7.47. The minimum Gasteiger partial charge on any atom is -0.489 e. The highest BCUT2D eigenvalue weighted by molar-refractivity contribution is 5.94. The number of carbonyl (C=O) groups is 1. The fraction of sp³-hybridized carbons (Fsp3) is 0.350. The van der Waals surface area contributed by atoms with E-state index in [1.165, 1.54) is 12.1 Å². The quantitative estimate of drug-likeness (QED) is 0.872. The molecule has 24 heavy (non-hydrogen) atoms. The van der Waals surface area contributed by atoms with Crippen molar-refractivity contribution in [3.63, 3.8) is 0 Å². The summed E-state index contributed by atoms with van der Waals surface area (Å²) in [4.78, 5) is 12.2. The van der Waals surface area contributed by atoms with Gasteiger partial charge in [-0.25, -0.2) is 4.39 Å². The van der Waals surface area contributed by atoms with Gasteiger partial charge in [0.1, 0.15) is 18.2 Å². The lowest BCUT2D eigenvalue weighted by molar-refractivity contribution is 0.0910. The normalized spacial score (nSPS) is 12.5. The monoisotopic (exact) mass is 329 g/mol. The summed E-state index contributed by atoms with van der Waals surface area (Å²) in [5.41, 5.74) is 1.35. The number of nitrogens with one attached hydrogen (secondary N) is 1. The minimum atomic E-state index is -0.281. The van der Waals surface area contributed by atoms with Crippen LogP contribution in [0.1, 0.15) is 43.6 Å². The average Bonchev–Trinajstić information content (AvgIpc) is 2.52. The Bertz CT molecular complexity index is 690. The Morgan fingerprint density at radius 1 is 1.17 bits per heavy atom. The van der Waals surface area contributed by atoms with Crippen molar-refractivity contribution in [3.05, 3.63) is 65.5 Å². The van der Waals surface area contributed by atoms with E-state index in [2.05, 4.69) is 26.1 Å². The summed E-state index contributed by atoms with van der Waals surface area (Å²) in [5, 5.41) is 3.00. The molecule has 0 bridgehead atoms. The molecule has 0 aliphatic heterocycles. The first-order valence-electron chi connectivity index (χ1n) is 8.04. The second-order valence-corrected chi connectivity index (χ2v) is 7.00. The summed E-state index contributed by atoms with van der Waals surface area (Å²) < 4.78 is 18.7. The second-order valence-electron chi connectivity index (χ2n) is 7.00. The molecule has 0 spiro atoms. The first kappa shape index (κ1) is 18.0. The van der Waals surface area contributed by atoms with E-state index in [4.69, 9.17) is 4.74 Å². The number of amides is 1. The lowest BCUT2D eigenvalue weighted by atomic mass is 9.88. The molecule has 4 heteroatoms. The van der Waals surface area contributed by atoms with E-state index in [1.54, 1.807) is 36.4 Å². The van der Waals surface area contributed by atoms with E-state index < -0.39 is 0 Å². The number of halogens is 1. The Morgan fingerprint density at radius 3 is 2.42 bits per heavy atom. The molecule has 0 heterocycles. The first-order chi connectivity index (χ1) is 11.3. The van der Waals surface area contributed by atoms with Crippen LogP contribution in [0, 0.1) is 11.2 Å². The topological polar surface area (TPSA) is 38.3 Å². The Labute approximate surface area is 142 Å². The predicted octanol–water partition coefficient (Wildman–Crippen LogP) is 4.57. The van der Waals surface area contributed by atoms with Crippen LogP contribution in [0.25, 0.3) is 0 Å². The van der Waals surface area contributed by atoms with E-state index in [-0.39, 0.29) is 29.8 Å². The highest BCUT2D eigenvalue weighted by Crippen LogP contribution is 2.20. The minimum absolute atomic E-state index is 0.00364. The van der Waals surface area contributed by atoms with E-state index >= 15 is 0 Å². The van der Waals surface area contributed by atoms with Gasteiger partial charge in [-0.15, -0.1) is 0 Å². The highest BCUT2D eigenvalue weighted by Gasteiger charge is 2.22. The highest BCUT2D eigenvalue weighted by atomic mass is 19.1. The van der Waals surface area contributed by atoms with E-state index in [9.17, 15) is 9.18 Å². The van der Waals surface area contributed by atoms with Gasteiger partial charge < -0.3 is 10.1 Å². The first-order valence-corrected chi connectivity index (χ1v) is 8.04. The van der Waals surface area contributed by atoms with Crippen LogP contribution < -0.4 is 10.1 Å². The summed E-state index contributed by atoms with van der Waals surface area (Å²) in [5.74, 6) is 0.255. The SMILES string of the molecule is C[C@@H](NC(=O)c1ccc(OCc2cccc(F)c2)cc1)C(C)(C)C. The molecule has 1 amide bonds. The summed E-state index contributed by atoms with van der Waals surface area (Å²) in [7, 11) is 0. The van der Waals surface area contributed by atoms with Gasteiger partial charge in [0, 0.05) is 11.6 Å². The molecule has 0 aliphatic carbocycles. The van der Waals surface area contributed by atoms with Crippen molar-refractivity contribution in [2.24, 2.45) is 5.41 Å². The summed E-state index contributed by atoms with van der Waals surface area (Å²) in [6.07, 6.45) is 0. The molecule has 0 saturated heterocycles. The molecule has 0 aliphatic rings. The molecule has 0 saturated carbocycles. The third-order valence-electron chi connectivity index (χ3n) is 4.06. The van der Waals surface area contributed by atoms with Gasteiger partial charge in [0.2, 0.25) is 0 Å². The summed E-state index contributed by atoms with van der Waals surface area (Å²) >= 11 is 0. The van der Waals surface area contributed by atoms with Gasteiger partial charge in [-0.1, -0.05) is 32.9 Å². The molecule has 0 radical (unpaired) electrons. The molecule has 0 unspecified atom stereocenters. The van der Waals surface area contributed by atoms with Gasteiger partial charge in [-0.05, 0) is 54.3 Å². The lowest BCUT2D eigenvalue weighted by Gasteiger charge is -2.28. The third-order valence-corrected chi connectivity index (χ3v) is 4.06. The van der Waals surface area contributed by atoms with E-state index in [1.807, 2.05) is 6.92 Å². The third kappa shape index (κ3) is 5.08. The molecular formula is C20H24FNO2. The average molecular weight is 329 g/mol. The number of benzene rings is 2. The van der Waals surface area contributed by atoms with Crippen molar-refractivity contribution in [3.8, 4) is 5.75 Å². The molecule has 3 nitrogen and oxygen atoms in total. The van der Waals surface area contributed by atoms with Crippen molar-refractivity contribution >= 4 is 5.91 Å². The smallest absolute Gasteiger partial charge is 0.251 e. The summed E-state index contributed by atoms with van der Waals surface area (Å²) in [6.45, 7) is 8.53. The fourth-order valence-electron chi connectivity index (χ4n) is 1.99. The van der Waals surface area contributed by atoms with Crippen LogP contribution in [0.2, 0.25) is 0 Å². The van der Waals surface area contributed by atoms with Gasteiger partial charge in [0.05, 0.1) is 0 Å². The van der Waals surface area contributed by atoms with Crippen molar-refractivity contribution < 1.29 is 13.9 Å². The Balaban J connectivity index is 1.94. The number of hydrogen-bond acceptors (Lipinski definition) is 2. The van der Waals surface area contributed by atoms with Crippen LogP contribution in [0.3, 0.4) is 0 Å². The maximum absolute atomic E-state index is 13.1. The van der Waals surface area contributed by atoms with Crippen molar-refractivity contribution in [2.45, 2.75) is 40.3 Å². The van der Waals surface area contributed by atoms with Crippen molar-refractivity contribution in [1.82, 2.24) is 5.32 Å². The molecular weight excluding hydrogens is 305 g/mol. The Hall–Kier alpha value is -2.36. The number of carbonyl (C=O) groups excluding carboxylic acids is 1. The number of ether oxygens (including phenoxy) is 1. The van der Waals surface area contributed by atoms with Gasteiger partial charge >= 0.3 is 0 Å². The van der Waals surface area contributed by atoms with E-state index in [0.29, 0.717) is 11.3 Å². The maximum atomic E-state index is 13.1. The predicted molar refractivity (Wildman–Crippen MR) is 93.6 cm³/mol. The zero-order valence-electron chi connectivity index (χ0n) is 14.6. The Kier molecular flexibility index (Phi) is 5.60. The maximum Gasteiger partial charge on any atom is 0.251 e. The standard InChI is InChI=1S/C20H24FNO2/c1-14(20(2,3)4)22-19(23)16-8-10-18(11-9-16)24-13-15-6-5-7-17(21)12-15/h5-12,14H,13H2,1-4H3,(H,22,23)/t14-/m1/s1. The van der Waals surface area contributed by atoms with Crippen molar-refractivity contribution in [1.29, 1.82) is 0 Å². The summed E-state index contributed by atoms with van der Waals surface area (Å²) in [6, 6.07) is 13.3. The van der Waals surface area contributed by atoms with Crippen LogP contribution >= 0.6 is 0 Å². The lowest BCUT2D eigenvalue weighted by Crippen LogP contribution is -2.41. The number of hydrogen-bond donors (Lipinski definition) is 1. The number of rotatable bonds is 5. The van der Waals surface area contributed by atoms with Gasteiger partial charge in [0.15, 0.2) is 0 Å². The molecule has 1 atom stereocenters. The van der Waals surface area contributed by atoms with Gasteiger partial charge in [-0.2, -0.15) is 0 Å². The van der Waals surface area contributed by atoms with Crippen LogP contribution in [0.5, 0.6) is 5.75 Å². The molecule has 2 aromatic rings. The van der Waals surface area contributed by atoms with Crippen LogP contribution in [0.15, 0.2) is 48.5 Å². The molecule has 1 N–H and O–H groups in total. The fourth-order valence-corrected chi connectivity index (χ4v) is 1.99. The molecule has 2 aromatic carbocycles.